The summed E-state index contributed by atoms with van der Waals surface area (Å²) in [4.78, 5) is 23.4. The van der Waals surface area contributed by atoms with Gasteiger partial charge >= 0.3 is 5.91 Å². The number of hydrazine groups is 1. The first-order valence-corrected chi connectivity index (χ1v) is 9.60. The Morgan fingerprint density at radius 2 is 1.80 bits per heavy atom. The molecule has 0 radical (unpaired) electrons. The van der Waals surface area contributed by atoms with Gasteiger partial charge in [-0.15, -0.1) is 5.54 Å². The van der Waals surface area contributed by atoms with E-state index in [1.165, 1.54) is 7.11 Å². The fourth-order valence-electron chi connectivity index (χ4n) is 1.29. The molecule has 106 valence electrons. The van der Waals surface area contributed by atoms with E-state index in [-0.39, 0.29) is 0 Å². The Labute approximate surface area is 119 Å². The minimum atomic E-state index is -1.61. The third-order valence-electron chi connectivity index (χ3n) is 2.19. The molecule has 0 unspecified atom stereocenters. The molecular formula is C14H18N2O3Si. The number of benzene rings is 1. The van der Waals surface area contributed by atoms with Gasteiger partial charge in [-0.1, -0.05) is 31.8 Å². The van der Waals surface area contributed by atoms with Crippen LogP contribution in [0.25, 0.3) is 0 Å². The number of ether oxygens (including phenoxy) is 1. The molecule has 0 saturated heterocycles. The Morgan fingerprint density at radius 1 is 1.15 bits per heavy atom. The first kappa shape index (κ1) is 15.8. The predicted octanol–water partition coefficient (Wildman–Crippen LogP) is 1.34. The summed E-state index contributed by atoms with van der Waals surface area (Å²) in [6.07, 6.45) is 0. The number of carbonyl (C=O) groups is 2. The van der Waals surface area contributed by atoms with E-state index in [1.54, 1.807) is 24.3 Å². The van der Waals surface area contributed by atoms with Crippen molar-refractivity contribution in [3.63, 3.8) is 0 Å². The zero-order valence-electron chi connectivity index (χ0n) is 12.0. The maximum atomic E-state index is 11.9. The third-order valence-corrected chi connectivity index (χ3v) is 3.07. The molecule has 1 aromatic carbocycles. The zero-order chi connectivity index (χ0) is 15.2. The third kappa shape index (κ3) is 5.16. The summed E-state index contributed by atoms with van der Waals surface area (Å²) in [7, 11) is -0.133. The number of amides is 2. The smallest absolute Gasteiger partial charge is 0.313 e. The minimum Gasteiger partial charge on any atom is -0.496 e. The molecule has 0 bridgehead atoms. The highest BCUT2D eigenvalue weighted by Gasteiger charge is 2.12. The molecule has 2 N–H and O–H groups in total. The molecule has 0 aliphatic carbocycles. The molecule has 6 heteroatoms. The molecular weight excluding hydrogens is 272 g/mol. The Hall–Kier alpha value is -2.26. The van der Waals surface area contributed by atoms with E-state index in [0.29, 0.717) is 11.3 Å². The van der Waals surface area contributed by atoms with Crippen molar-refractivity contribution in [3.8, 4) is 17.2 Å². The van der Waals surface area contributed by atoms with Crippen LogP contribution in [0.3, 0.4) is 0 Å². The molecule has 0 fully saturated rings. The summed E-state index contributed by atoms with van der Waals surface area (Å²) in [5, 5.41) is 0. The number of rotatable bonds is 2. The van der Waals surface area contributed by atoms with Gasteiger partial charge in [0, 0.05) is 0 Å². The minimum absolute atomic E-state index is 0.341. The molecule has 1 aromatic rings. The Bertz CT molecular complexity index is 568. The Morgan fingerprint density at radius 3 is 2.40 bits per heavy atom. The van der Waals surface area contributed by atoms with Crippen LogP contribution in [0.15, 0.2) is 24.3 Å². The van der Waals surface area contributed by atoms with Crippen molar-refractivity contribution in [3.05, 3.63) is 29.8 Å². The van der Waals surface area contributed by atoms with Crippen LogP contribution in [0.4, 0.5) is 0 Å². The monoisotopic (exact) mass is 290 g/mol. The predicted molar refractivity (Wildman–Crippen MR) is 79.7 cm³/mol. The molecule has 5 nitrogen and oxygen atoms in total. The molecule has 20 heavy (non-hydrogen) atoms. The van der Waals surface area contributed by atoms with Gasteiger partial charge in [-0.2, -0.15) is 0 Å². The molecule has 0 saturated carbocycles. The highest BCUT2D eigenvalue weighted by atomic mass is 28.3. The van der Waals surface area contributed by atoms with Gasteiger partial charge in [-0.05, 0) is 18.1 Å². The fraction of sp³-hybridized carbons (Fsp3) is 0.286. The van der Waals surface area contributed by atoms with Gasteiger partial charge < -0.3 is 4.74 Å². The van der Waals surface area contributed by atoms with Crippen LogP contribution >= 0.6 is 0 Å². The van der Waals surface area contributed by atoms with Gasteiger partial charge in [-0.25, -0.2) is 0 Å². The topological polar surface area (TPSA) is 67.4 Å². The van der Waals surface area contributed by atoms with Crippen molar-refractivity contribution in [1.82, 2.24) is 10.9 Å². The van der Waals surface area contributed by atoms with Gasteiger partial charge in [0.1, 0.15) is 13.8 Å². The SMILES string of the molecule is COc1ccccc1C(=O)NNC(=O)C#C[Si](C)(C)C. The van der Waals surface area contributed by atoms with Crippen LogP contribution in [-0.4, -0.2) is 27.0 Å². The van der Waals surface area contributed by atoms with E-state index in [4.69, 9.17) is 4.74 Å². The molecule has 0 aromatic heterocycles. The maximum Gasteiger partial charge on any atom is 0.313 e. The van der Waals surface area contributed by atoms with Crippen molar-refractivity contribution in [2.24, 2.45) is 0 Å². The van der Waals surface area contributed by atoms with Gasteiger partial charge in [0.05, 0.1) is 12.7 Å². The molecule has 0 heterocycles. The van der Waals surface area contributed by atoms with Crippen LogP contribution < -0.4 is 15.6 Å². The molecule has 0 spiro atoms. The van der Waals surface area contributed by atoms with Crippen molar-refractivity contribution < 1.29 is 14.3 Å². The second-order valence-electron chi connectivity index (χ2n) is 5.11. The van der Waals surface area contributed by atoms with Gasteiger partial charge in [0.15, 0.2) is 0 Å². The van der Waals surface area contributed by atoms with Gasteiger partial charge in [-0.3, -0.25) is 20.4 Å². The van der Waals surface area contributed by atoms with E-state index in [1.807, 2.05) is 19.6 Å². The number of carbonyl (C=O) groups excluding carboxylic acids is 2. The summed E-state index contributed by atoms with van der Waals surface area (Å²) in [5.74, 6) is 1.93. The number of hydrogen-bond acceptors (Lipinski definition) is 3. The number of hydrogen-bond donors (Lipinski definition) is 2. The second-order valence-corrected chi connectivity index (χ2v) is 9.86. The first-order chi connectivity index (χ1) is 9.33. The van der Waals surface area contributed by atoms with Crippen LogP contribution in [-0.2, 0) is 4.79 Å². The van der Waals surface area contributed by atoms with E-state index in [2.05, 4.69) is 22.3 Å². The lowest BCUT2D eigenvalue weighted by Gasteiger charge is -2.08. The lowest BCUT2D eigenvalue weighted by atomic mass is 10.2. The van der Waals surface area contributed by atoms with Crippen molar-refractivity contribution >= 4 is 19.9 Å². The molecule has 1 rings (SSSR count). The standard InChI is InChI=1S/C14H18N2O3Si/c1-19-12-8-6-5-7-11(12)14(18)16-15-13(17)9-10-20(2,3)4/h5-8H,1-4H3,(H,15,17)(H,16,18). The summed E-state index contributed by atoms with van der Waals surface area (Å²) in [5.41, 5.74) is 7.81. The second kappa shape index (κ2) is 6.77. The average molecular weight is 290 g/mol. The van der Waals surface area contributed by atoms with Crippen molar-refractivity contribution in [2.75, 3.05) is 7.11 Å². The largest absolute Gasteiger partial charge is 0.496 e. The maximum absolute atomic E-state index is 11.9. The highest BCUT2D eigenvalue weighted by Crippen LogP contribution is 2.16. The number of nitrogens with one attached hydrogen (secondary N) is 2. The molecule has 2 amide bonds. The lowest BCUT2D eigenvalue weighted by molar-refractivity contribution is -0.116. The van der Waals surface area contributed by atoms with Crippen molar-refractivity contribution in [2.45, 2.75) is 19.6 Å². The normalized spacial score (nSPS) is 10.0. The Balaban J connectivity index is 2.64. The number of para-hydroxylation sites is 1. The van der Waals surface area contributed by atoms with Gasteiger partial charge in [0.25, 0.3) is 5.91 Å². The highest BCUT2D eigenvalue weighted by molar-refractivity contribution is 6.84. The van der Waals surface area contributed by atoms with E-state index in [9.17, 15) is 9.59 Å². The fourth-order valence-corrected chi connectivity index (χ4v) is 1.78. The van der Waals surface area contributed by atoms with Crippen LogP contribution in [0, 0.1) is 11.5 Å². The summed E-state index contributed by atoms with van der Waals surface area (Å²) >= 11 is 0. The lowest BCUT2D eigenvalue weighted by Crippen LogP contribution is -2.41. The average Bonchev–Trinajstić information content (AvgIpc) is 2.41. The molecule has 0 aliphatic heterocycles. The van der Waals surface area contributed by atoms with E-state index >= 15 is 0 Å². The zero-order valence-corrected chi connectivity index (χ0v) is 13.0. The quantitative estimate of drug-likeness (QED) is 0.491. The first-order valence-electron chi connectivity index (χ1n) is 6.10. The summed E-state index contributed by atoms with van der Waals surface area (Å²) in [6, 6.07) is 6.74. The van der Waals surface area contributed by atoms with E-state index in [0.717, 1.165) is 0 Å². The summed E-state index contributed by atoms with van der Waals surface area (Å²) in [6.45, 7) is 6.09. The van der Waals surface area contributed by atoms with Crippen LogP contribution in [0.1, 0.15) is 10.4 Å². The Kier molecular flexibility index (Phi) is 5.35. The summed E-state index contributed by atoms with van der Waals surface area (Å²) < 4.78 is 5.07. The number of methoxy groups -OCH3 is 1. The molecule has 0 atom stereocenters. The van der Waals surface area contributed by atoms with Crippen molar-refractivity contribution in [1.29, 1.82) is 0 Å². The van der Waals surface area contributed by atoms with Gasteiger partial charge in [0.2, 0.25) is 0 Å². The van der Waals surface area contributed by atoms with Crippen LogP contribution in [0.5, 0.6) is 5.75 Å². The van der Waals surface area contributed by atoms with E-state index < -0.39 is 19.9 Å². The molecule has 0 aliphatic rings. The van der Waals surface area contributed by atoms with Crippen LogP contribution in [0.2, 0.25) is 19.6 Å².